The number of hydrogen-bond acceptors (Lipinski definition) is 5. The Morgan fingerprint density at radius 1 is 1.23 bits per heavy atom. The number of aromatic nitrogens is 3. The Hall–Kier alpha value is -3.04. The van der Waals surface area contributed by atoms with E-state index in [0.717, 1.165) is 48.2 Å². The number of hydrogen-bond donors (Lipinski definition) is 2. The molecule has 1 saturated carbocycles. The van der Waals surface area contributed by atoms with Crippen molar-refractivity contribution in [1.82, 2.24) is 14.6 Å². The second-order valence-corrected chi connectivity index (χ2v) is 6.59. The van der Waals surface area contributed by atoms with Gasteiger partial charge in [-0.25, -0.2) is 9.50 Å². The molecule has 4 rings (SSSR count). The molecule has 1 aliphatic carbocycles. The minimum atomic E-state index is 0.179. The Kier molecular flexibility index (Phi) is 4.46. The van der Waals surface area contributed by atoms with E-state index in [-0.39, 0.29) is 6.10 Å². The molecular formula is C20H21N5O. The highest BCUT2D eigenvalue weighted by Crippen LogP contribution is 2.31. The van der Waals surface area contributed by atoms with Gasteiger partial charge in [0.05, 0.1) is 6.10 Å². The molecule has 1 aliphatic rings. The smallest absolute Gasteiger partial charge is 0.162 e. The molecule has 0 aliphatic heterocycles. The van der Waals surface area contributed by atoms with Gasteiger partial charge in [-0.3, -0.25) is 0 Å². The number of benzene rings is 1. The maximum Gasteiger partial charge on any atom is 0.162 e. The summed E-state index contributed by atoms with van der Waals surface area (Å²) in [5.41, 5.74) is 8.49. The van der Waals surface area contributed by atoms with Crippen molar-refractivity contribution in [3.8, 4) is 18.1 Å². The molecule has 0 atom stereocenters. The van der Waals surface area contributed by atoms with E-state index in [9.17, 15) is 0 Å². The fourth-order valence-electron chi connectivity index (χ4n) is 3.32. The molecule has 0 spiro atoms. The number of anilines is 2. The Bertz CT molecular complexity index is 950. The van der Waals surface area contributed by atoms with Crippen molar-refractivity contribution < 1.29 is 4.74 Å². The molecule has 0 bridgehead atoms. The molecule has 26 heavy (non-hydrogen) atoms. The molecule has 2 heterocycles. The van der Waals surface area contributed by atoms with Gasteiger partial charge in [0.1, 0.15) is 11.8 Å². The van der Waals surface area contributed by atoms with Crippen molar-refractivity contribution in [1.29, 1.82) is 0 Å². The highest BCUT2D eigenvalue weighted by molar-refractivity contribution is 5.79. The first-order valence-electron chi connectivity index (χ1n) is 8.81. The van der Waals surface area contributed by atoms with Crippen LogP contribution in [0.1, 0.15) is 31.2 Å². The zero-order valence-corrected chi connectivity index (χ0v) is 14.4. The second-order valence-electron chi connectivity index (χ2n) is 6.59. The van der Waals surface area contributed by atoms with Gasteiger partial charge < -0.3 is 15.8 Å². The molecule has 0 saturated heterocycles. The first-order chi connectivity index (χ1) is 12.7. The second kappa shape index (κ2) is 7.06. The molecular weight excluding hydrogens is 326 g/mol. The lowest BCUT2D eigenvalue weighted by atomic mass is 9.94. The van der Waals surface area contributed by atoms with E-state index in [1.54, 1.807) is 4.52 Å². The maximum atomic E-state index is 6.25. The molecule has 132 valence electrons. The van der Waals surface area contributed by atoms with Crippen LogP contribution in [0, 0.1) is 12.3 Å². The van der Waals surface area contributed by atoms with E-state index < -0.39 is 0 Å². The third kappa shape index (κ3) is 3.35. The van der Waals surface area contributed by atoms with Gasteiger partial charge in [-0.15, -0.1) is 6.42 Å². The van der Waals surface area contributed by atoms with Crippen LogP contribution in [0.4, 0.5) is 11.5 Å². The van der Waals surface area contributed by atoms with Gasteiger partial charge in [0, 0.05) is 29.6 Å². The average molecular weight is 347 g/mol. The van der Waals surface area contributed by atoms with Crippen LogP contribution < -0.4 is 15.8 Å². The summed E-state index contributed by atoms with van der Waals surface area (Å²) in [5, 5.41) is 7.60. The van der Waals surface area contributed by atoms with Crippen LogP contribution in [-0.2, 0) is 0 Å². The van der Waals surface area contributed by atoms with Crippen LogP contribution in [0.15, 0.2) is 42.9 Å². The van der Waals surface area contributed by atoms with Gasteiger partial charge in [0.25, 0.3) is 0 Å². The first-order valence-corrected chi connectivity index (χ1v) is 8.81. The Morgan fingerprint density at radius 3 is 2.88 bits per heavy atom. The van der Waals surface area contributed by atoms with Gasteiger partial charge in [-0.2, -0.15) is 5.10 Å². The van der Waals surface area contributed by atoms with Crippen molar-refractivity contribution in [2.75, 3.05) is 5.32 Å². The molecule has 1 fully saturated rings. The van der Waals surface area contributed by atoms with Gasteiger partial charge in [-0.05, 0) is 43.9 Å². The lowest BCUT2D eigenvalue weighted by Gasteiger charge is -2.26. The van der Waals surface area contributed by atoms with Crippen LogP contribution in [-0.4, -0.2) is 26.7 Å². The van der Waals surface area contributed by atoms with Crippen molar-refractivity contribution in [3.05, 3.63) is 48.4 Å². The molecule has 2 aromatic heterocycles. The van der Waals surface area contributed by atoms with Gasteiger partial charge in [-0.1, -0.05) is 12.0 Å². The quantitative estimate of drug-likeness (QED) is 0.709. The molecule has 0 amide bonds. The zero-order valence-electron chi connectivity index (χ0n) is 14.4. The Balaban J connectivity index is 1.63. The number of nitrogens with one attached hydrogen (secondary N) is 1. The molecule has 6 nitrogen and oxygen atoms in total. The summed E-state index contributed by atoms with van der Waals surface area (Å²) in [6, 6.07) is 9.89. The lowest BCUT2D eigenvalue weighted by molar-refractivity contribution is 0.149. The minimum absolute atomic E-state index is 0.179. The van der Waals surface area contributed by atoms with Crippen molar-refractivity contribution in [2.45, 2.75) is 37.8 Å². The van der Waals surface area contributed by atoms with Crippen molar-refractivity contribution in [2.24, 2.45) is 5.73 Å². The highest BCUT2D eigenvalue weighted by atomic mass is 16.5. The van der Waals surface area contributed by atoms with E-state index in [1.807, 2.05) is 36.5 Å². The molecule has 0 radical (unpaired) electrons. The molecule has 6 heteroatoms. The summed E-state index contributed by atoms with van der Waals surface area (Å²) in [4.78, 5) is 4.40. The standard InChI is InChI=1S/C20H21N5O/c1-2-14-4-3-5-16(12-14)24-20-19-18(10-11-25(19)23-13-22-20)26-17-8-6-15(21)7-9-17/h1,3-5,10-13,15,17H,6-9,21H2,(H,22,23,24)/t15-,17+. The summed E-state index contributed by atoms with van der Waals surface area (Å²) >= 11 is 0. The van der Waals surface area contributed by atoms with Gasteiger partial charge in [0.2, 0.25) is 0 Å². The number of rotatable bonds is 4. The Morgan fingerprint density at radius 2 is 2.08 bits per heavy atom. The summed E-state index contributed by atoms with van der Waals surface area (Å²) in [6.07, 6.45) is 13.0. The summed E-state index contributed by atoms with van der Waals surface area (Å²) in [7, 11) is 0. The summed E-state index contributed by atoms with van der Waals surface area (Å²) in [5.74, 6) is 4.10. The van der Waals surface area contributed by atoms with Crippen LogP contribution in [0.25, 0.3) is 5.52 Å². The number of terminal acetylenes is 1. The number of nitrogens with zero attached hydrogens (tertiary/aromatic N) is 3. The number of ether oxygens (including phenoxy) is 1. The Labute approximate surface area is 152 Å². The minimum Gasteiger partial charge on any atom is -0.488 e. The van der Waals surface area contributed by atoms with Crippen LogP contribution in [0.5, 0.6) is 5.75 Å². The third-order valence-electron chi connectivity index (χ3n) is 4.72. The van der Waals surface area contributed by atoms with Crippen LogP contribution in [0.2, 0.25) is 0 Å². The normalized spacial score (nSPS) is 19.8. The molecule has 1 aromatic carbocycles. The van der Waals surface area contributed by atoms with Gasteiger partial charge >= 0.3 is 0 Å². The van der Waals surface area contributed by atoms with Crippen LogP contribution in [0.3, 0.4) is 0 Å². The largest absolute Gasteiger partial charge is 0.488 e. The highest BCUT2D eigenvalue weighted by Gasteiger charge is 2.22. The summed E-state index contributed by atoms with van der Waals surface area (Å²) in [6.45, 7) is 0. The molecule has 3 N–H and O–H groups in total. The van der Waals surface area contributed by atoms with Gasteiger partial charge in [0.15, 0.2) is 11.6 Å². The number of nitrogens with two attached hydrogens (primary N) is 1. The predicted molar refractivity (Wildman–Crippen MR) is 102 cm³/mol. The van der Waals surface area contributed by atoms with E-state index in [1.165, 1.54) is 6.33 Å². The molecule has 3 aromatic rings. The third-order valence-corrected chi connectivity index (χ3v) is 4.72. The SMILES string of the molecule is C#Cc1cccc(Nc2ncnn3ccc(O[C@H]4CC[C@@H](N)CC4)c23)c1. The fourth-order valence-corrected chi connectivity index (χ4v) is 3.32. The van der Waals surface area contributed by atoms with Crippen molar-refractivity contribution in [3.63, 3.8) is 0 Å². The average Bonchev–Trinajstić information content (AvgIpc) is 3.08. The lowest BCUT2D eigenvalue weighted by Crippen LogP contribution is -2.31. The predicted octanol–water partition coefficient (Wildman–Crippen LogP) is 3.10. The van der Waals surface area contributed by atoms with E-state index in [0.29, 0.717) is 11.9 Å². The summed E-state index contributed by atoms with van der Waals surface area (Å²) < 4.78 is 8.02. The topological polar surface area (TPSA) is 77.5 Å². The van der Waals surface area contributed by atoms with E-state index >= 15 is 0 Å². The molecule has 0 unspecified atom stereocenters. The monoisotopic (exact) mass is 347 g/mol. The van der Waals surface area contributed by atoms with E-state index in [4.69, 9.17) is 16.9 Å². The van der Waals surface area contributed by atoms with Crippen molar-refractivity contribution >= 4 is 17.0 Å². The first kappa shape index (κ1) is 16.4. The maximum absolute atomic E-state index is 6.25. The van der Waals surface area contributed by atoms with Crippen LogP contribution >= 0.6 is 0 Å². The fraction of sp³-hybridized carbons (Fsp3) is 0.300. The zero-order chi connectivity index (χ0) is 17.9. The van der Waals surface area contributed by atoms with E-state index in [2.05, 4.69) is 21.3 Å². The number of fused-ring (bicyclic) bond motifs is 1.